The zero-order valence-corrected chi connectivity index (χ0v) is 13.7. The normalized spacial score (nSPS) is 27.6. The van der Waals surface area contributed by atoms with Gasteiger partial charge in [-0.05, 0) is 6.42 Å². The van der Waals surface area contributed by atoms with Gasteiger partial charge in [-0.3, -0.25) is 4.68 Å². The van der Waals surface area contributed by atoms with Crippen molar-refractivity contribution in [1.82, 2.24) is 25.3 Å². The van der Waals surface area contributed by atoms with Gasteiger partial charge in [0.2, 0.25) is 0 Å². The van der Waals surface area contributed by atoms with Crippen LogP contribution in [0.15, 0.2) is 17.8 Å². The summed E-state index contributed by atoms with van der Waals surface area (Å²) in [5.41, 5.74) is 0.749. The number of thiazole rings is 1. The van der Waals surface area contributed by atoms with Gasteiger partial charge >= 0.3 is 0 Å². The van der Waals surface area contributed by atoms with E-state index in [4.69, 9.17) is 4.74 Å². The molecule has 0 radical (unpaired) electrons. The van der Waals surface area contributed by atoms with Gasteiger partial charge in [-0.15, -0.1) is 16.4 Å². The first-order chi connectivity index (χ1) is 11.2. The number of aromatic nitrogens is 4. The van der Waals surface area contributed by atoms with Crippen LogP contribution >= 0.6 is 11.3 Å². The van der Waals surface area contributed by atoms with E-state index >= 15 is 0 Å². The molecule has 3 rings (SSSR count). The van der Waals surface area contributed by atoms with Crippen LogP contribution in [0.2, 0.25) is 0 Å². The van der Waals surface area contributed by atoms with Crippen LogP contribution in [0.25, 0.3) is 0 Å². The minimum absolute atomic E-state index is 0.0733. The highest BCUT2D eigenvalue weighted by atomic mass is 32.1. The Balaban J connectivity index is 1.55. The van der Waals surface area contributed by atoms with Crippen molar-refractivity contribution < 1.29 is 14.9 Å². The molecule has 2 heterocycles. The van der Waals surface area contributed by atoms with Crippen LogP contribution in [0.3, 0.4) is 0 Å². The predicted molar refractivity (Wildman–Crippen MR) is 83.6 cm³/mol. The van der Waals surface area contributed by atoms with Crippen molar-refractivity contribution in [3.05, 3.63) is 28.5 Å². The monoisotopic (exact) mass is 339 g/mol. The minimum Gasteiger partial charge on any atom is -0.390 e. The van der Waals surface area contributed by atoms with Gasteiger partial charge in [0.1, 0.15) is 10.7 Å². The molecule has 0 spiro atoms. The van der Waals surface area contributed by atoms with Crippen molar-refractivity contribution in [2.24, 2.45) is 5.92 Å². The molecule has 2 aromatic rings. The first kappa shape index (κ1) is 16.5. The van der Waals surface area contributed by atoms with Crippen molar-refractivity contribution in [3.8, 4) is 0 Å². The number of rotatable bonds is 7. The molecule has 8 nitrogen and oxygen atoms in total. The zero-order chi connectivity index (χ0) is 16.2. The molecule has 1 aliphatic carbocycles. The van der Waals surface area contributed by atoms with E-state index in [2.05, 4.69) is 20.6 Å². The second kappa shape index (κ2) is 7.45. The molecule has 1 aliphatic rings. The number of nitrogens with zero attached hydrogens (tertiary/aromatic N) is 4. The number of aliphatic hydroxyl groups excluding tert-OH is 2. The van der Waals surface area contributed by atoms with Crippen molar-refractivity contribution in [2.75, 3.05) is 7.11 Å². The summed E-state index contributed by atoms with van der Waals surface area (Å²) in [5, 5.41) is 34.7. The Morgan fingerprint density at radius 2 is 2.30 bits per heavy atom. The Hall–Kier alpha value is -1.39. The summed E-state index contributed by atoms with van der Waals surface area (Å²) in [4.78, 5) is 4.21. The van der Waals surface area contributed by atoms with Gasteiger partial charge in [-0.1, -0.05) is 5.21 Å². The maximum absolute atomic E-state index is 10.3. The van der Waals surface area contributed by atoms with Crippen molar-refractivity contribution in [1.29, 1.82) is 0 Å². The molecule has 1 fully saturated rings. The first-order valence-electron chi connectivity index (χ1n) is 7.53. The highest BCUT2D eigenvalue weighted by Crippen LogP contribution is 2.28. The van der Waals surface area contributed by atoms with Gasteiger partial charge in [0, 0.05) is 43.7 Å². The molecular formula is C14H21N5O3S. The molecule has 9 heteroatoms. The minimum atomic E-state index is -0.790. The van der Waals surface area contributed by atoms with E-state index in [9.17, 15) is 10.2 Å². The lowest BCUT2D eigenvalue weighted by molar-refractivity contribution is 0.00721. The van der Waals surface area contributed by atoms with Gasteiger partial charge in [-0.2, -0.15) is 0 Å². The van der Waals surface area contributed by atoms with Crippen molar-refractivity contribution in [3.63, 3.8) is 0 Å². The molecule has 0 aromatic carbocycles. The van der Waals surface area contributed by atoms with Gasteiger partial charge in [0.15, 0.2) is 0 Å². The largest absolute Gasteiger partial charge is 0.390 e. The van der Waals surface area contributed by atoms with Crippen LogP contribution < -0.4 is 5.32 Å². The Morgan fingerprint density at radius 1 is 1.43 bits per heavy atom. The lowest BCUT2D eigenvalue weighted by Gasteiger charge is -2.17. The van der Waals surface area contributed by atoms with Crippen LogP contribution in [0.1, 0.15) is 17.1 Å². The molecule has 0 amide bonds. The summed E-state index contributed by atoms with van der Waals surface area (Å²) >= 11 is 1.57. The molecule has 23 heavy (non-hydrogen) atoms. The van der Waals surface area contributed by atoms with E-state index in [1.807, 2.05) is 5.38 Å². The summed E-state index contributed by atoms with van der Waals surface area (Å²) < 4.78 is 6.71. The van der Waals surface area contributed by atoms with Gasteiger partial charge in [0.05, 0.1) is 25.0 Å². The molecule has 1 saturated carbocycles. The summed E-state index contributed by atoms with van der Waals surface area (Å²) in [6.07, 6.45) is 2.67. The Morgan fingerprint density at radius 3 is 3.04 bits per heavy atom. The van der Waals surface area contributed by atoms with Gasteiger partial charge in [-0.25, -0.2) is 4.98 Å². The number of methoxy groups -OCH3 is 1. The van der Waals surface area contributed by atoms with Crippen LogP contribution in [0, 0.1) is 5.92 Å². The molecule has 0 aliphatic heterocycles. The molecule has 0 bridgehead atoms. The Kier molecular flexibility index (Phi) is 5.34. The topological polar surface area (TPSA) is 105 Å². The summed E-state index contributed by atoms with van der Waals surface area (Å²) in [6, 6.07) is -0.152. The van der Waals surface area contributed by atoms with Crippen LogP contribution in [-0.2, 0) is 24.4 Å². The van der Waals surface area contributed by atoms with Gasteiger partial charge in [0.25, 0.3) is 0 Å². The third kappa shape index (κ3) is 3.93. The van der Waals surface area contributed by atoms with E-state index in [0.717, 1.165) is 10.7 Å². The second-order valence-electron chi connectivity index (χ2n) is 5.76. The number of hydrogen-bond acceptors (Lipinski definition) is 8. The SMILES string of the molecule is COCc1cn(C[C@H]2C[C@@H](NCc3nccs3)[C@H](O)[C@@H]2O)nn1. The molecule has 4 atom stereocenters. The molecule has 126 valence electrons. The Labute approximate surface area is 138 Å². The zero-order valence-electron chi connectivity index (χ0n) is 12.9. The second-order valence-corrected chi connectivity index (χ2v) is 6.73. The lowest BCUT2D eigenvalue weighted by Crippen LogP contribution is -2.39. The van der Waals surface area contributed by atoms with Gasteiger partial charge < -0.3 is 20.3 Å². The molecule has 0 saturated heterocycles. The van der Waals surface area contributed by atoms with E-state index < -0.39 is 12.2 Å². The smallest absolute Gasteiger partial charge is 0.108 e. The molecular weight excluding hydrogens is 318 g/mol. The summed E-state index contributed by atoms with van der Waals surface area (Å²) in [7, 11) is 1.61. The predicted octanol–water partition coefficient (Wildman–Crippen LogP) is -0.219. The van der Waals surface area contributed by atoms with E-state index in [-0.39, 0.29) is 12.0 Å². The third-order valence-corrected chi connectivity index (χ3v) is 4.88. The van der Waals surface area contributed by atoms with E-state index in [1.165, 1.54) is 0 Å². The highest BCUT2D eigenvalue weighted by molar-refractivity contribution is 7.09. The number of ether oxygens (including phenoxy) is 1. The third-order valence-electron chi connectivity index (χ3n) is 4.10. The van der Waals surface area contributed by atoms with Crippen molar-refractivity contribution in [2.45, 2.75) is 44.4 Å². The van der Waals surface area contributed by atoms with Crippen molar-refractivity contribution >= 4 is 11.3 Å². The van der Waals surface area contributed by atoms with E-state index in [0.29, 0.717) is 26.1 Å². The number of nitrogens with one attached hydrogen (secondary N) is 1. The standard InChI is InChI=1S/C14H21N5O3S/c1-22-8-10-7-19(18-17-10)6-9-4-11(14(21)13(9)20)16-5-12-15-2-3-23-12/h2-3,7,9,11,13-14,16,20-21H,4-6,8H2,1H3/t9-,11-,13-,14+/m1/s1. The fourth-order valence-corrected chi connectivity index (χ4v) is 3.52. The maximum Gasteiger partial charge on any atom is 0.108 e. The quantitative estimate of drug-likeness (QED) is 0.640. The van der Waals surface area contributed by atoms with Crippen LogP contribution in [0.5, 0.6) is 0 Å². The summed E-state index contributed by atoms with van der Waals surface area (Å²) in [6.45, 7) is 1.53. The lowest BCUT2D eigenvalue weighted by atomic mass is 10.1. The number of aliphatic hydroxyl groups is 2. The van der Waals surface area contributed by atoms with Crippen LogP contribution in [-0.4, -0.2) is 55.6 Å². The average Bonchev–Trinajstić information content (AvgIpc) is 3.25. The van der Waals surface area contributed by atoms with Crippen LogP contribution in [0.4, 0.5) is 0 Å². The fraction of sp³-hybridized carbons (Fsp3) is 0.643. The number of hydrogen-bond donors (Lipinski definition) is 3. The molecule has 0 unspecified atom stereocenters. The Bertz CT molecular complexity index is 605. The summed E-state index contributed by atoms with van der Waals surface area (Å²) in [5.74, 6) is -0.0733. The molecule has 3 N–H and O–H groups in total. The fourth-order valence-electron chi connectivity index (χ4n) is 2.95. The first-order valence-corrected chi connectivity index (χ1v) is 8.41. The average molecular weight is 339 g/mol. The van der Waals surface area contributed by atoms with E-state index in [1.54, 1.807) is 35.5 Å². The highest BCUT2D eigenvalue weighted by Gasteiger charge is 2.41. The molecule has 2 aromatic heterocycles. The maximum atomic E-state index is 10.3.